The fraction of sp³-hybridized carbons (Fsp3) is 0.400. The van der Waals surface area contributed by atoms with E-state index in [4.69, 9.17) is 4.74 Å². The molecular formula is C15H18N2O. The summed E-state index contributed by atoms with van der Waals surface area (Å²) >= 11 is 0. The van der Waals surface area contributed by atoms with Gasteiger partial charge in [-0.1, -0.05) is 29.8 Å². The molecule has 3 rings (SSSR count). The summed E-state index contributed by atoms with van der Waals surface area (Å²) in [6.07, 6.45) is 3.78. The average Bonchev–Trinajstić information content (AvgIpc) is 2.75. The fourth-order valence-electron chi connectivity index (χ4n) is 2.49. The highest BCUT2D eigenvalue weighted by Gasteiger charge is 2.33. The molecule has 1 aromatic carbocycles. The van der Waals surface area contributed by atoms with Crippen LogP contribution in [0.3, 0.4) is 0 Å². The molecular weight excluding hydrogens is 224 g/mol. The number of benzene rings is 1. The van der Waals surface area contributed by atoms with Gasteiger partial charge in [-0.25, -0.2) is 4.98 Å². The molecule has 18 heavy (non-hydrogen) atoms. The van der Waals surface area contributed by atoms with Gasteiger partial charge in [0.2, 0.25) is 0 Å². The summed E-state index contributed by atoms with van der Waals surface area (Å²) in [5.41, 5.74) is 3.43. The second kappa shape index (κ2) is 3.95. The fourth-order valence-corrected chi connectivity index (χ4v) is 2.49. The first-order chi connectivity index (χ1) is 8.55. The molecule has 3 heteroatoms. The molecule has 2 heterocycles. The Hall–Kier alpha value is -1.61. The summed E-state index contributed by atoms with van der Waals surface area (Å²) in [6.45, 7) is 7.19. The minimum Gasteiger partial charge on any atom is -0.359 e. The molecule has 0 saturated heterocycles. The van der Waals surface area contributed by atoms with E-state index in [0.29, 0.717) is 0 Å². The van der Waals surface area contributed by atoms with Crippen LogP contribution in [0.25, 0.3) is 0 Å². The van der Waals surface area contributed by atoms with Gasteiger partial charge in [0.25, 0.3) is 0 Å². The van der Waals surface area contributed by atoms with Crippen molar-refractivity contribution in [3.8, 4) is 0 Å². The summed E-state index contributed by atoms with van der Waals surface area (Å²) in [5.74, 6) is 0. The first-order valence-corrected chi connectivity index (χ1v) is 6.30. The molecule has 0 spiro atoms. The number of hydrogen-bond acceptors (Lipinski definition) is 2. The van der Waals surface area contributed by atoms with Gasteiger partial charge in [-0.15, -0.1) is 0 Å². The third-order valence-corrected chi connectivity index (χ3v) is 3.38. The number of aromatic nitrogens is 2. The molecule has 1 aromatic heterocycles. The lowest BCUT2D eigenvalue weighted by Crippen LogP contribution is -2.38. The minimum atomic E-state index is -0.163. The lowest BCUT2D eigenvalue weighted by Gasteiger charge is -2.37. The summed E-state index contributed by atoms with van der Waals surface area (Å²) < 4.78 is 8.41. The Bertz CT molecular complexity index is 554. The van der Waals surface area contributed by atoms with E-state index in [9.17, 15) is 0 Å². The molecule has 0 radical (unpaired) electrons. The van der Waals surface area contributed by atoms with E-state index < -0.39 is 0 Å². The van der Waals surface area contributed by atoms with Crippen molar-refractivity contribution in [3.63, 3.8) is 0 Å². The third kappa shape index (κ3) is 1.95. The maximum Gasteiger partial charge on any atom is 0.125 e. The third-order valence-electron chi connectivity index (χ3n) is 3.38. The molecule has 1 aliphatic heterocycles. The number of rotatable bonds is 1. The van der Waals surface area contributed by atoms with Gasteiger partial charge in [-0.2, -0.15) is 0 Å². The van der Waals surface area contributed by atoms with Crippen LogP contribution >= 0.6 is 0 Å². The van der Waals surface area contributed by atoms with E-state index in [-0.39, 0.29) is 11.7 Å². The minimum absolute atomic E-state index is 0.0168. The molecule has 1 atom stereocenters. The Morgan fingerprint density at radius 2 is 2.00 bits per heavy atom. The molecule has 0 amide bonds. The van der Waals surface area contributed by atoms with Gasteiger partial charge in [0.1, 0.15) is 6.10 Å². The summed E-state index contributed by atoms with van der Waals surface area (Å²) in [4.78, 5) is 4.25. The van der Waals surface area contributed by atoms with Crippen molar-refractivity contribution in [3.05, 3.63) is 53.6 Å². The van der Waals surface area contributed by atoms with Crippen molar-refractivity contribution in [2.75, 3.05) is 0 Å². The van der Waals surface area contributed by atoms with Gasteiger partial charge in [0.15, 0.2) is 0 Å². The zero-order chi connectivity index (χ0) is 12.8. The average molecular weight is 242 g/mol. The molecule has 0 bridgehead atoms. The molecule has 3 nitrogen and oxygen atoms in total. The molecule has 1 unspecified atom stereocenters. The van der Waals surface area contributed by atoms with E-state index >= 15 is 0 Å². The summed E-state index contributed by atoms with van der Waals surface area (Å²) in [6, 6.07) is 8.53. The Balaban J connectivity index is 2.04. The second-order valence-electron chi connectivity index (χ2n) is 5.61. The van der Waals surface area contributed by atoms with E-state index in [0.717, 1.165) is 12.2 Å². The van der Waals surface area contributed by atoms with Crippen LogP contribution in [0.5, 0.6) is 0 Å². The van der Waals surface area contributed by atoms with Gasteiger partial charge >= 0.3 is 0 Å². The quantitative estimate of drug-likeness (QED) is 0.768. The number of hydrogen-bond donors (Lipinski definition) is 0. The molecule has 94 valence electrons. The van der Waals surface area contributed by atoms with Crippen LogP contribution in [0.15, 0.2) is 36.8 Å². The van der Waals surface area contributed by atoms with Gasteiger partial charge in [-0.3, -0.25) is 0 Å². The highest BCUT2D eigenvalue weighted by atomic mass is 16.5. The van der Waals surface area contributed by atoms with Crippen LogP contribution in [0, 0.1) is 6.92 Å². The topological polar surface area (TPSA) is 27.1 Å². The maximum absolute atomic E-state index is 6.22. The number of ether oxygens (including phenoxy) is 1. The van der Waals surface area contributed by atoms with Gasteiger partial charge < -0.3 is 9.30 Å². The van der Waals surface area contributed by atoms with Crippen molar-refractivity contribution < 1.29 is 4.74 Å². The second-order valence-corrected chi connectivity index (χ2v) is 5.61. The maximum atomic E-state index is 6.22. The zero-order valence-electron chi connectivity index (χ0n) is 11.1. The smallest absolute Gasteiger partial charge is 0.125 e. The van der Waals surface area contributed by atoms with Crippen LogP contribution < -0.4 is 0 Å². The van der Waals surface area contributed by atoms with Crippen LogP contribution in [0.1, 0.15) is 36.8 Å². The van der Waals surface area contributed by atoms with Crippen molar-refractivity contribution in [1.82, 2.24) is 9.55 Å². The Morgan fingerprint density at radius 3 is 2.72 bits per heavy atom. The lowest BCUT2D eigenvalue weighted by atomic mass is 10.00. The number of aryl methyl sites for hydroxylation is 1. The predicted molar refractivity (Wildman–Crippen MR) is 70.4 cm³/mol. The normalized spacial score (nSPS) is 21.6. The molecule has 0 aliphatic carbocycles. The number of nitrogens with zero attached hydrogens (tertiary/aromatic N) is 2. The van der Waals surface area contributed by atoms with E-state index in [2.05, 4.69) is 54.6 Å². The number of fused-ring (bicyclic) bond motifs is 1. The van der Waals surface area contributed by atoms with Crippen LogP contribution in [0.2, 0.25) is 0 Å². The highest BCUT2D eigenvalue weighted by Crippen LogP contribution is 2.35. The first kappa shape index (κ1) is 11.5. The predicted octanol–water partition coefficient (Wildman–Crippen LogP) is 3.09. The molecule has 1 aliphatic rings. The Kier molecular flexibility index (Phi) is 2.52. The Labute approximate surface area is 107 Å². The standard InChI is InChI=1S/C15H18N2O/c1-11-4-6-12(7-5-11)14-13-8-16-10-17(13)9-15(2,3)18-14/h4-8,10,14H,9H2,1-3H3. The van der Waals surface area contributed by atoms with Crippen molar-refractivity contribution >= 4 is 0 Å². The van der Waals surface area contributed by atoms with Gasteiger partial charge in [-0.05, 0) is 26.3 Å². The summed E-state index contributed by atoms with van der Waals surface area (Å²) in [5, 5.41) is 0. The molecule has 2 aromatic rings. The Morgan fingerprint density at radius 1 is 1.28 bits per heavy atom. The molecule has 0 saturated carbocycles. The van der Waals surface area contributed by atoms with Crippen molar-refractivity contribution in [2.45, 2.75) is 39.0 Å². The van der Waals surface area contributed by atoms with E-state index in [1.165, 1.54) is 11.1 Å². The van der Waals surface area contributed by atoms with Gasteiger partial charge in [0.05, 0.1) is 30.4 Å². The van der Waals surface area contributed by atoms with Crippen molar-refractivity contribution in [1.29, 1.82) is 0 Å². The molecule has 0 N–H and O–H groups in total. The van der Waals surface area contributed by atoms with Crippen LogP contribution in [-0.4, -0.2) is 15.2 Å². The van der Waals surface area contributed by atoms with E-state index in [1.807, 2.05) is 12.5 Å². The zero-order valence-corrected chi connectivity index (χ0v) is 11.1. The highest BCUT2D eigenvalue weighted by molar-refractivity contribution is 5.29. The van der Waals surface area contributed by atoms with Gasteiger partial charge in [0, 0.05) is 0 Å². The SMILES string of the molecule is Cc1ccc(C2OC(C)(C)Cn3cncc32)cc1. The van der Waals surface area contributed by atoms with Crippen LogP contribution in [-0.2, 0) is 11.3 Å². The van der Waals surface area contributed by atoms with Crippen molar-refractivity contribution in [2.24, 2.45) is 0 Å². The lowest BCUT2D eigenvalue weighted by molar-refractivity contribution is -0.0881. The first-order valence-electron chi connectivity index (χ1n) is 6.30. The molecule has 0 fully saturated rings. The monoisotopic (exact) mass is 242 g/mol. The van der Waals surface area contributed by atoms with E-state index in [1.54, 1.807) is 0 Å². The van der Waals surface area contributed by atoms with Crippen LogP contribution in [0.4, 0.5) is 0 Å². The largest absolute Gasteiger partial charge is 0.359 e. The number of imidazole rings is 1. The summed E-state index contributed by atoms with van der Waals surface area (Å²) in [7, 11) is 0.